The summed E-state index contributed by atoms with van der Waals surface area (Å²) in [7, 11) is 1.35. The van der Waals surface area contributed by atoms with Crippen LogP contribution in [0.2, 0.25) is 0 Å². The lowest BCUT2D eigenvalue weighted by Gasteiger charge is -2.21. The molecule has 1 heterocycles. The highest BCUT2D eigenvalue weighted by atomic mass is 35.5. The van der Waals surface area contributed by atoms with E-state index in [0.29, 0.717) is 5.70 Å². The number of halogens is 1. The molecule has 1 unspecified atom stereocenters. The maximum absolute atomic E-state index is 11.4. The monoisotopic (exact) mass is 237 g/mol. The summed E-state index contributed by atoms with van der Waals surface area (Å²) in [5.41, 5.74) is 3.36. The first kappa shape index (κ1) is 11.0. The Hall–Kier alpha value is -1.48. The van der Waals surface area contributed by atoms with Gasteiger partial charge in [0.2, 0.25) is 0 Å². The van der Waals surface area contributed by atoms with E-state index >= 15 is 0 Å². The minimum absolute atomic E-state index is 0.301. The van der Waals surface area contributed by atoms with Crippen molar-refractivity contribution in [1.29, 1.82) is 0 Å². The summed E-state index contributed by atoms with van der Waals surface area (Å²) >= 11 is 6.19. The standard InChI is InChI=1S/C12H12ClNO2/c1-7-3-4-10-8(5-7)9(13)6-11(14-10)12(15)16-2/h3-6,9,14H,1-2H3. The molecule has 0 saturated heterocycles. The van der Waals surface area contributed by atoms with Crippen molar-refractivity contribution in [3.8, 4) is 0 Å². The lowest BCUT2D eigenvalue weighted by Crippen LogP contribution is -2.18. The van der Waals surface area contributed by atoms with Crippen LogP contribution in [-0.2, 0) is 9.53 Å². The fourth-order valence-corrected chi connectivity index (χ4v) is 1.98. The Kier molecular flexibility index (Phi) is 2.88. The molecule has 0 bridgehead atoms. The predicted octanol–water partition coefficient (Wildman–Crippen LogP) is 2.76. The molecule has 84 valence electrons. The molecular formula is C12H12ClNO2. The van der Waals surface area contributed by atoms with E-state index in [1.165, 1.54) is 7.11 Å². The molecule has 1 atom stereocenters. The third-order valence-electron chi connectivity index (χ3n) is 2.49. The van der Waals surface area contributed by atoms with Gasteiger partial charge in [-0.1, -0.05) is 17.7 Å². The van der Waals surface area contributed by atoms with Crippen molar-refractivity contribution in [1.82, 2.24) is 0 Å². The molecule has 0 amide bonds. The number of benzene rings is 1. The van der Waals surface area contributed by atoms with E-state index in [2.05, 4.69) is 10.1 Å². The molecule has 16 heavy (non-hydrogen) atoms. The van der Waals surface area contributed by atoms with E-state index in [0.717, 1.165) is 16.8 Å². The highest BCUT2D eigenvalue weighted by Gasteiger charge is 2.22. The van der Waals surface area contributed by atoms with Crippen molar-refractivity contribution < 1.29 is 9.53 Å². The number of methoxy groups -OCH3 is 1. The number of hydrogen-bond acceptors (Lipinski definition) is 3. The van der Waals surface area contributed by atoms with Gasteiger partial charge in [0.15, 0.2) is 0 Å². The predicted molar refractivity (Wildman–Crippen MR) is 63.5 cm³/mol. The molecule has 4 heteroatoms. The number of hydrogen-bond donors (Lipinski definition) is 1. The molecule has 1 N–H and O–H groups in total. The SMILES string of the molecule is COC(=O)C1=CC(Cl)c2cc(C)ccc2N1. The zero-order valence-electron chi connectivity index (χ0n) is 9.08. The Morgan fingerprint density at radius 2 is 2.25 bits per heavy atom. The largest absolute Gasteiger partial charge is 0.464 e. The number of carbonyl (C=O) groups excluding carboxylic acids is 1. The van der Waals surface area contributed by atoms with Crippen LogP contribution in [0.4, 0.5) is 5.69 Å². The molecule has 3 nitrogen and oxygen atoms in total. The lowest BCUT2D eigenvalue weighted by atomic mass is 10.0. The van der Waals surface area contributed by atoms with Crippen LogP contribution in [0.5, 0.6) is 0 Å². The van der Waals surface area contributed by atoms with E-state index in [1.54, 1.807) is 6.08 Å². The van der Waals surface area contributed by atoms with Crippen LogP contribution < -0.4 is 5.32 Å². The number of alkyl halides is 1. The molecule has 0 spiro atoms. The van der Waals surface area contributed by atoms with E-state index in [4.69, 9.17) is 11.6 Å². The molecule has 0 saturated carbocycles. The van der Waals surface area contributed by atoms with E-state index in [9.17, 15) is 4.79 Å². The Morgan fingerprint density at radius 1 is 1.50 bits per heavy atom. The van der Waals surface area contributed by atoms with Gasteiger partial charge >= 0.3 is 5.97 Å². The van der Waals surface area contributed by atoms with Crippen LogP contribution in [0.3, 0.4) is 0 Å². The first-order chi connectivity index (χ1) is 7.61. The maximum atomic E-state index is 11.4. The number of esters is 1. The van der Waals surface area contributed by atoms with Gasteiger partial charge in [-0.15, -0.1) is 11.6 Å². The van der Waals surface area contributed by atoms with Crippen molar-refractivity contribution in [2.75, 3.05) is 12.4 Å². The Bertz CT molecular complexity index is 468. The second-order valence-electron chi connectivity index (χ2n) is 3.69. The number of fused-ring (bicyclic) bond motifs is 1. The van der Waals surface area contributed by atoms with Gasteiger partial charge in [0, 0.05) is 5.69 Å². The first-order valence-electron chi connectivity index (χ1n) is 4.93. The zero-order chi connectivity index (χ0) is 11.7. The third kappa shape index (κ3) is 1.91. The molecule has 1 aliphatic heterocycles. The van der Waals surface area contributed by atoms with E-state index < -0.39 is 5.97 Å². The number of carbonyl (C=O) groups is 1. The van der Waals surface area contributed by atoms with Gasteiger partial charge < -0.3 is 10.1 Å². The Labute approximate surface area is 99.1 Å². The molecule has 0 aromatic heterocycles. The first-order valence-corrected chi connectivity index (χ1v) is 5.37. The van der Waals surface area contributed by atoms with Crippen LogP contribution in [-0.4, -0.2) is 13.1 Å². The van der Waals surface area contributed by atoms with Gasteiger partial charge in [0.25, 0.3) is 0 Å². The number of anilines is 1. The quantitative estimate of drug-likeness (QED) is 0.603. The highest BCUT2D eigenvalue weighted by molar-refractivity contribution is 6.23. The maximum Gasteiger partial charge on any atom is 0.354 e. The zero-order valence-corrected chi connectivity index (χ0v) is 9.84. The van der Waals surface area contributed by atoms with Gasteiger partial charge in [-0.2, -0.15) is 0 Å². The van der Waals surface area contributed by atoms with Gasteiger partial charge in [-0.05, 0) is 24.6 Å². The topological polar surface area (TPSA) is 38.3 Å². The van der Waals surface area contributed by atoms with Crippen LogP contribution in [0.1, 0.15) is 16.5 Å². The number of aryl methyl sites for hydroxylation is 1. The van der Waals surface area contributed by atoms with Crippen molar-refractivity contribution in [3.63, 3.8) is 0 Å². The van der Waals surface area contributed by atoms with Gasteiger partial charge in [-0.25, -0.2) is 4.79 Å². The summed E-state index contributed by atoms with van der Waals surface area (Å²) < 4.78 is 4.65. The normalized spacial score (nSPS) is 18.2. The molecule has 1 aliphatic rings. The summed E-state index contributed by atoms with van der Waals surface area (Å²) in [6, 6.07) is 5.89. The van der Waals surface area contributed by atoms with Crippen LogP contribution in [0.15, 0.2) is 30.0 Å². The summed E-state index contributed by atoms with van der Waals surface area (Å²) in [6.07, 6.45) is 1.66. The van der Waals surface area contributed by atoms with Crippen molar-refractivity contribution in [2.24, 2.45) is 0 Å². The van der Waals surface area contributed by atoms with Crippen LogP contribution >= 0.6 is 11.6 Å². The average molecular weight is 238 g/mol. The third-order valence-corrected chi connectivity index (χ3v) is 2.85. The van der Waals surface area contributed by atoms with Crippen molar-refractivity contribution in [3.05, 3.63) is 41.1 Å². The van der Waals surface area contributed by atoms with Gasteiger partial charge in [0.05, 0.1) is 12.5 Å². The highest BCUT2D eigenvalue weighted by Crippen LogP contribution is 2.35. The minimum Gasteiger partial charge on any atom is -0.464 e. The summed E-state index contributed by atoms with van der Waals surface area (Å²) in [6.45, 7) is 2.00. The van der Waals surface area contributed by atoms with E-state index in [-0.39, 0.29) is 5.38 Å². The molecule has 1 aromatic carbocycles. The fourth-order valence-electron chi connectivity index (χ4n) is 1.68. The summed E-state index contributed by atoms with van der Waals surface area (Å²) in [5.74, 6) is -0.406. The Balaban J connectivity index is 2.38. The molecule has 0 fully saturated rings. The van der Waals surface area contributed by atoms with Crippen LogP contribution in [0.25, 0.3) is 0 Å². The Morgan fingerprint density at radius 3 is 2.94 bits per heavy atom. The van der Waals surface area contributed by atoms with Gasteiger partial charge in [-0.3, -0.25) is 0 Å². The lowest BCUT2D eigenvalue weighted by molar-refractivity contribution is -0.135. The van der Waals surface area contributed by atoms with Crippen molar-refractivity contribution in [2.45, 2.75) is 12.3 Å². The van der Waals surface area contributed by atoms with E-state index in [1.807, 2.05) is 25.1 Å². The molecule has 2 rings (SSSR count). The second-order valence-corrected chi connectivity index (χ2v) is 4.16. The van der Waals surface area contributed by atoms with Gasteiger partial charge in [0.1, 0.15) is 5.70 Å². The number of allylic oxidation sites excluding steroid dienone is 1. The average Bonchev–Trinajstić information content (AvgIpc) is 2.28. The smallest absolute Gasteiger partial charge is 0.354 e. The number of nitrogens with one attached hydrogen (secondary N) is 1. The number of rotatable bonds is 1. The van der Waals surface area contributed by atoms with Crippen molar-refractivity contribution >= 4 is 23.3 Å². The summed E-state index contributed by atoms with van der Waals surface area (Å²) in [5, 5.41) is 2.71. The molecule has 1 aromatic rings. The molecule has 0 radical (unpaired) electrons. The minimum atomic E-state index is -0.406. The molecular weight excluding hydrogens is 226 g/mol. The number of ether oxygens (including phenoxy) is 1. The summed E-state index contributed by atoms with van der Waals surface area (Å²) in [4.78, 5) is 11.4. The second kappa shape index (κ2) is 4.18. The fraction of sp³-hybridized carbons (Fsp3) is 0.250. The molecule has 0 aliphatic carbocycles. The van der Waals surface area contributed by atoms with Crippen LogP contribution in [0, 0.1) is 6.92 Å².